The van der Waals surface area contributed by atoms with Crippen LogP contribution in [0.25, 0.3) is 0 Å². The smallest absolute Gasteiger partial charge is 0.283 e. The number of nitrogens with one attached hydrogen (secondary N) is 1. The summed E-state index contributed by atoms with van der Waals surface area (Å²) < 4.78 is 0. The van der Waals surface area contributed by atoms with Gasteiger partial charge in [0.05, 0.1) is 18.4 Å². The van der Waals surface area contributed by atoms with Crippen molar-refractivity contribution in [2.24, 2.45) is 5.84 Å². The quantitative estimate of drug-likeness (QED) is 0.304. The number of hydrogen-bond acceptors (Lipinski definition) is 6. The minimum Gasteiger partial charge on any atom is -0.394 e. The summed E-state index contributed by atoms with van der Waals surface area (Å²) >= 11 is 1.43. The van der Waals surface area contributed by atoms with Gasteiger partial charge in [-0.3, -0.25) is 10.2 Å². The molecule has 0 bridgehead atoms. The highest BCUT2D eigenvalue weighted by molar-refractivity contribution is 7.98. The first-order valence-corrected chi connectivity index (χ1v) is 6.16. The largest absolute Gasteiger partial charge is 0.394 e. The van der Waals surface area contributed by atoms with Crippen LogP contribution >= 0.6 is 11.8 Å². The van der Waals surface area contributed by atoms with Gasteiger partial charge in [0, 0.05) is 11.5 Å². The second-order valence-electron chi connectivity index (χ2n) is 3.34. The molecule has 0 saturated heterocycles. The lowest BCUT2D eigenvalue weighted by molar-refractivity contribution is 0.0948. The third-order valence-electron chi connectivity index (χ3n) is 1.94. The Kier molecular flexibility index (Phi) is 5.92. The Morgan fingerprint density at radius 3 is 3.00 bits per heavy atom. The standard InChI is InChI=1S/C10H15N3O3S/c11-13-10(16)9-3-1-2-7(12-9)5-17-6-8(15)4-14/h1-3,8,14-15H,4-6,11H2,(H,13,16). The Bertz CT molecular complexity index is 376. The maximum absolute atomic E-state index is 11.2. The molecule has 0 aromatic carbocycles. The van der Waals surface area contributed by atoms with Crippen molar-refractivity contribution in [3.8, 4) is 0 Å². The number of thioether (sulfide) groups is 1. The lowest BCUT2D eigenvalue weighted by atomic mass is 10.3. The first-order valence-electron chi connectivity index (χ1n) is 5.01. The Morgan fingerprint density at radius 2 is 2.35 bits per heavy atom. The van der Waals surface area contributed by atoms with E-state index < -0.39 is 12.0 Å². The van der Waals surface area contributed by atoms with Crippen molar-refractivity contribution in [1.82, 2.24) is 10.4 Å². The number of rotatable bonds is 6. The number of carbonyl (C=O) groups is 1. The number of hydrazine groups is 1. The van der Waals surface area contributed by atoms with Crippen molar-refractivity contribution in [3.05, 3.63) is 29.6 Å². The van der Waals surface area contributed by atoms with Gasteiger partial charge in [0.25, 0.3) is 5.91 Å². The first kappa shape index (κ1) is 13.9. The van der Waals surface area contributed by atoms with E-state index in [0.717, 1.165) is 5.69 Å². The predicted octanol–water partition coefficient (Wildman–Crippen LogP) is -0.729. The second kappa shape index (κ2) is 7.23. The molecule has 6 nitrogen and oxygen atoms in total. The van der Waals surface area contributed by atoms with E-state index in [1.54, 1.807) is 18.2 Å². The molecule has 1 unspecified atom stereocenters. The Hall–Kier alpha value is -1.15. The van der Waals surface area contributed by atoms with Crippen molar-refractivity contribution in [2.75, 3.05) is 12.4 Å². The molecule has 0 fully saturated rings. The highest BCUT2D eigenvalue weighted by Crippen LogP contribution is 2.11. The molecule has 1 aromatic rings. The zero-order chi connectivity index (χ0) is 12.7. The van der Waals surface area contributed by atoms with Gasteiger partial charge in [0.2, 0.25) is 0 Å². The van der Waals surface area contributed by atoms with E-state index in [2.05, 4.69) is 4.98 Å². The van der Waals surface area contributed by atoms with Gasteiger partial charge in [0.15, 0.2) is 0 Å². The molecule has 0 aliphatic rings. The number of nitrogen functional groups attached to an aromatic ring is 1. The number of pyridine rings is 1. The van der Waals surface area contributed by atoms with Crippen LogP contribution in [0.2, 0.25) is 0 Å². The van der Waals surface area contributed by atoms with Crippen molar-refractivity contribution < 1.29 is 15.0 Å². The van der Waals surface area contributed by atoms with Gasteiger partial charge in [-0.2, -0.15) is 11.8 Å². The summed E-state index contributed by atoms with van der Waals surface area (Å²) in [6.07, 6.45) is -0.726. The minimum atomic E-state index is -0.726. The van der Waals surface area contributed by atoms with Gasteiger partial charge < -0.3 is 10.2 Å². The summed E-state index contributed by atoms with van der Waals surface area (Å²) in [4.78, 5) is 15.3. The number of aliphatic hydroxyl groups excluding tert-OH is 2. The topological polar surface area (TPSA) is 108 Å². The Labute approximate surface area is 103 Å². The van der Waals surface area contributed by atoms with E-state index in [1.807, 2.05) is 5.43 Å². The zero-order valence-corrected chi connectivity index (χ0v) is 9.98. The molecule has 7 heteroatoms. The molecule has 0 radical (unpaired) electrons. The number of carbonyl (C=O) groups excluding carboxylic acids is 1. The van der Waals surface area contributed by atoms with E-state index in [4.69, 9.17) is 16.1 Å². The van der Waals surface area contributed by atoms with E-state index in [1.165, 1.54) is 11.8 Å². The molecule has 1 rings (SSSR count). The molecule has 0 saturated carbocycles. The molecule has 1 amide bonds. The molecule has 94 valence electrons. The second-order valence-corrected chi connectivity index (χ2v) is 4.37. The predicted molar refractivity (Wildman–Crippen MR) is 65.1 cm³/mol. The van der Waals surface area contributed by atoms with Gasteiger partial charge >= 0.3 is 0 Å². The molecule has 5 N–H and O–H groups in total. The van der Waals surface area contributed by atoms with Crippen LogP contribution < -0.4 is 11.3 Å². The monoisotopic (exact) mass is 257 g/mol. The highest BCUT2D eigenvalue weighted by atomic mass is 32.2. The summed E-state index contributed by atoms with van der Waals surface area (Å²) in [7, 11) is 0. The van der Waals surface area contributed by atoms with Gasteiger partial charge in [-0.1, -0.05) is 6.07 Å². The van der Waals surface area contributed by atoms with E-state index in [-0.39, 0.29) is 12.3 Å². The fourth-order valence-corrected chi connectivity index (χ4v) is 1.98. The van der Waals surface area contributed by atoms with Crippen LogP contribution in [-0.2, 0) is 5.75 Å². The molecular weight excluding hydrogens is 242 g/mol. The maximum atomic E-state index is 11.2. The molecule has 1 atom stereocenters. The van der Waals surface area contributed by atoms with E-state index >= 15 is 0 Å². The highest BCUT2D eigenvalue weighted by Gasteiger charge is 2.07. The number of hydrogen-bond donors (Lipinski definition) is 4. The van der Waals surface area contributed by atoms with Gasteiger partial charge in [-0.25, -0.2) is 10.8 Å². The van der Waals surface area contributed by atoms with E-state index in [0.29, 0.717) is 11.5 Å². The molecule has 0 spiro atoms. The molecule has 1 heterocycles. The lowest BCUT2D eigenvalue weighted by Gasteiger charge is -2.06. The zero-order valence-electron chi connectivity index (χ0n) is 9.17. The average Bonchev–Trinajstić information content (AvgIpc) is 2.38. The van der Waals surface area contributed by atoms with Crippen LogP contribution in [0.15, 0.2) is 18.2 Å². The molecular formula is C10H15N3O3S. The van der Waals surface area contributed by atoms with Crippen molar-refractivity contribution in [1.29, 1.82) is 0 Å². The summed E-state index contributed by atoms with van der Waals surface area (Å²) in [6.45, 7) is -0.254. The van der Waals surface area contributed by atoms with Crippen LogP contribution in [0.3, 0.4) is 0 Å². The summed E-state index contributed by atoms with van der Waals surface area (Å²) in [5, 5.41) is 17.8. The van der Waals surface area contributed by atoms with Crippen LogP contribution in [-0.4, -0.2) is 39.6 Å². The third kappa shape index (κ3) is 4.70. The van der Waals surface area contributed by atoms with Gasteiger partial charge in [-0.05, 0) is 12.1 Å². The molecule has 17 heavy (non-hydrogen) atoms. The number of nitrogens with two attached hydrogens (primary N) is 1. The van der Waals surface area contributed by atoms with Gasteiger partial charge in [0.1, 0.15) is 5.69 Å². The number of aromatic nitrogens is 1. The number of aliphatic hydroxyl groups is 2. The van der Waals surface area contributed by atoms with Crippen LogP contribution in [0.1, 0.15) is 16.2 Å². The van der Waals surface area contributed by atoms with Gasteiger partial charge in [-0.15, -0.1) is 0 Å². The first-order chi connectivity index (χ1) is 8.17. The van der Waals surface area contributed by atoms with Crippen LogP contribution in [0, 0.1) is 0 Å². The number of nitrogens with zero attached hydrogens (tertiary/aromatic N) is 1. The minimum absolute atomic E-state index is 0.254. The molecule has 0 aliphatic heterocycles. The molecule has 1 aromatic heterocycles. The number of amides is 1. The van der Waals surface area contributed by atoms with E-state index in [9.17, 15) is 4.79 Å². The van der Waals surface area contributed by atoms with Crippen LogP contribution in [0.5, 0.6) is 0 Å². The Morgan fingerprint density at radius 1 is 1.59 bits per heavy atom. The van der Waals surface area contributed by atoms with Crippen molar-refractivity contribution in [2.45, 2.75) is 11.9 Å². The summed E-state index contributed by atoms with van der Waals surface area (Å²) in [5.74, 6) is 5.55. The van der Waals surface area contributed by atoms with Crippen molar-refractivity contribution >= 4 is 17.7 Å². The van der Waals surface area contributed by atoms with Crippen molar-refractivity contribution in [3.63, 3.8) is 0 Å². The lowest BCUT2D eigenvalue weighted by Crippen LogP contribution is -2.30. The maximum Gasteiger partial charge on any atom is 0.283 e. The molecule has 0 aliphatic carbocycles. The average molecular weight is 257 g/mol. The SMILES string of the molecule is NNC(=O)c1cccc(CSCC(O)CO)n1. The summed E-state index contributed by atoms with van der Waals surface area (Å²) in [6, 6.07) is 5.07. The summed E-state index contributed by atoms with van der Waals surface area (Å²) in [5.41, 5.74) is 2.99. The third-order valence-corrected chi connectivity index (χ3v) is 3.06. The fraction of sp³-hybridized carbons (Fsp3) is 0.400. The fourth-order valence-electron chi connectivity index (χ4n) is 1.11. The normalized spacial score (nSPS) is 12.2. The Balaban J connectivity index is 2.51. The van der Waals surface area contributed by atoms with Crippen LogP contribution in [0.4, 0.5) is 0 Å².